The largest absolute Gasteiger partial charge is 0.352 e. The summed E-state index contributed by atoms with van der Waals surface area (Å²) >= 11 is 0. The quantitative estimate of drug-likeness (QED) is 0.657. The maximum absolute atomic E-state index is 11.3. The number of carbonyl (C=O) groups is 1. The van der Waals surface area contributed by atoms with Crippen molar-refractivity contribution in [2.24, 2.45) is 12.8 Å². The average molecular weight is 210 g/mol. The normalized spacial score (nSPS) is 10.3. The lowest BCUT2D eigenvalue weighted by molar-refractivity contribution is -0.121. The minimum Gasteiger partial charge on any atom is -0.352 e. The standard InChI is InChI=1S/C10H18N4O/c1-14-8-9(7-13-14)6-12-10(15)4-2-3-5-11/h7-8H,2-6,11H2,1H3,(H,12,15). The van der Waals surface area contributed by atoms with Crippen LogP contribution in [0.15, 0.2) is 12.4 Å². The van der Waals surface area contributed by atoms with Crippen molar-refractivity contribution in [1.29, 1.82) is 0 Å². The van der Waals surface area contributed by atoms with E-state index < -0.39 is 0 Å². The number of aryl methyl sites for hydroxylation is 1. The van der Waals surface area contributed by atoms with Gasteiger partial charge in [-0.15, -0.1) is 0 Å². The summed E-state index contributed by atoms with van der Waals surface area (Å²) in [6, 6.07) is 0. The van der Waals surface area contributed by atoms with Crippen LogP contribution in [0.1, 0.15) is 24.8 Å². The second-order valence-electron chi connectivity index (χ2n) is 3.54. The lowest BCUT2D eigenvalue weighted by atomic mass is 10.2. The molecule has 1 heterocycles. The van der Waals surface area contributed by atoms with Crippen LogP contribution < -0.4 is 11.1 Å². The van der Waals surface area contributed by atoms with Crippen molar-refractivity contribution in [3.8, 4) is 0 Å². The summed E-state index contributed by atoms with van der Waals surface area (Å²) in [4.78, 5) is 11.3. The van der Waals surface area contributed by atoms with Crippen molar-refractivity contribution in [2.45, 2.75) is 25.8 Å². The molecule has 15 heavy (non-hydrogen) atoms. The van der Waals surface area contributed by atoms with E-state index in [2.05, 4.69) is 10.4 Å². The van der Waals surface area contributed by atoms with E-state index in [-0.39, 0.29) is 5.91 Å². The molecule has 1 aromatic heterocycles. The molecule has 1 rings (SSSR count). The summed E-state index contributed by atoms with van der Waals surface area (Å²) in [7, 11) is 1.85. The molecule has 0 saturated carbocycles. The van der Waals surface area contributed by atoms with Crippen molar-refractivity contribution in [2.75, 3.05) is 6.54 Å². The first-order chi connectivity index (χ1) is 7.22. The van der Waals surface area contributed by atoms with Gasteiger partial charge in [0.1, 0.15) is 0 Å². The van der Waals surface area contributed by atoms with Gasteiger partial charge in [-0.1, -0.05) is 0 Å². The zero-order valence-corrected chi connectivity index (χ0v) is 9.07. The zero-order chi connectivity index (χ0) is 11.1. The van der Waals surface area contributed by atoms with E-state index >= 15 is 0 Å². The van der Waals surface area contributed by atoms with Crippen LogP contribution in [0.4, 0.5) is 0 Å². The second kappa shape index (κ2) is 6.19. The van der Waals surface area contributed by atoms with Crippen LogP contribution in [0.2, 0.25) is 0 Å². The lowest BCUT2D eigenvalue weighted by Gasteiger charge is -2.02. The first-order valence-electron chi connectivity index (χ1n) is 5.16. The molecule has 3 N–H and O–H groups in total. The van der Waals surface area contributed by atoms with Crippen LogP contribution in [-0.2, 0) is 18.4 Å². The number of unbranched alkanes of at least 4 members (excludes halogenated alkanes) is 1. The summed E-state index contributed by atoms with van der Waals surface area (Å²) in [6.07, 6.45) is 5.95. The van der Waals surface area contributed by atoms with Crippen molar-refractivity contribution < 1.29 is 4.79 Å². The highest BCUT2D eigenvalue weighted by Gasteiger charge is 2.01. The molecule has 0 aromatic carbocycles. The van der Waals surface area contributed by atoms with Gasteiger partial charge in [0, 0.05) is 31.8 Å². The number of amides is 1. The van der Waals surface area contributed by atoms with Gasteiger partial charge in [-0.25, -0.2) is 0 Å². The number of nitrogens with two attached hydrogens (primary N) is 1. The number of aromatic nitrogens is 2. The molecule has 0 atom stereocenters. The van der Waals surface area contributed by atoms with Crippen molar-refractivity contribution in [3.63, 3.8) is 0 Å². The SMILES string of the molecule is Cn1cc(CNC(=O)CCCCN)cn1. The third kappa shape index (κ3) is 4.60. The monoisotopic (exact) mass is 210 g/mol. The molecule has 0 radical (unpaired) electrons. The van der Waals surface area contributed by atoms with Gasteiger partial charge in [-0.05, 0) is 19.4 Å². The molecule has 1 amide bonds. The maximum atomic E-state index is 11.3. The van der Waals surface area contributed by atoms with E-state index in [1.807, 2.05) is 13.2 Å². The Balaban J connectivity index is 2.16. The minimum atomic E-state index is 0.0762. The van der Waals surface area contributed by atoms with E-state index in [4.69, 9.17) is 5.73 Å². The number of nitrogens with zero attached hydrogens (tertiary/aromatic N) is 2. The average Bonchev–Trinajstić information content (AvgIpc) is 2.62. The molecule has 5 heteroatoms. The van der Waals surface area contributed by atoms with E-state index in [0.29, 0.717) is 19.5 Å². The van der Waals surface area contributed by atoms with Gasteiger partial charge in [0.05, 0.1) is 6.20 Å². The summed E-state index contributed by atoms with van der Waals surface area (Å²) < 4.78 is 1.72. The Labute approximate surface area is 89.6 Å². The zero-order valence-electron chi connectivity index (χ0n) is 9.07. The third-order valence-electron chi connectivity index (χ3n) is 2.11. The number of hydrogen-bond acceptors (Lipinski definition) is 3. The van der Waals surface area contributed by atoms with Gasteiger partial charge in [0.25, 0.3) is 0 Å². The smallest absolute Gasteiger partial charge is 0.220 e. The number of carbonyl (C=O) groups excluding carboxylic acids is 1. The Morgan fingerprint density at radius 1 is 1.60 bits per heavy atom. The summed E-state index contributed by atoms with van der Waals surface area (Å²) in [5, 5.41) is 6.86. The molecule has 0 spiro atoms. The van der Waals surface area contributed by atoms with Crippen LogP contribution >= 0.6 is 0 Å². The van der Waals surface area contributed by atoms with Gasteiger partial charge in [0.2, 0.25) is 5.91 Å². The third-order valence-corrected chi connectivity index (χ3v) is 2.11. The molecule has 0 saturated heterocycles. The van der Waals surface area contributed by atoms with Crippen LogP contribution in [0.5, 0.6) is 0 Å². The molecule has 0 aliphatic heterocycles. The molecule has 0 bridgehead atoms. The fraction of sp³-hybridized carbons (Fsp3) is 0.600. The van der Waals surface area contributed by atoms with Gasteiger partial charge >= 0.3 is 0 Å². The second-order valence-corrected chi connectivity index (χ2v) is 3.54. The first kappa shape index (κ1) is 11.7. The fourth-order valence-corrected chi connectivity index (χ4v) is 1.28. The Kier molecular flexibility index (Phi) is 4.83. The molecule has 0 fully saturated rings. The molecule has 0 aliphatic carbocycles. The number of hydrogen-bond donors (Lipinski definition) is 2. The van der Waals surface area contributed by atoms with Crippen LogP contribution in [-0.4, -0.2) is 22.2 Å². The maximum Gasteiger partial charge on any atom is 0.220 e. The lowest BCUT2D eigenvalue weighted by Crippen LogP contribution is -2.22. The van der Waals surface area contributed by atoms with Crippen molar-refractivity contribution in [3.05, 3.63) is 18.0 Å². The Hall–Kier alpha value is -1.36. The molecule has 84 valence electrons. The summed E-state index contributed by atoms with van der Waals surface area (Å²) in [5.41, 5.74) is 6.36. The predicted molar refractivity (Wildman–Crippen MR) is 58.0 cm³/mol. The van der Waals surface area contributed by atoms with Gasteiger partial charge in [0.15, 0.2) is 0 Å². The molecule has 0 unspecified atom stereocenters. The molecule has 0 aliphatic rings. The van der Waals surface area contributed by atoms with Crippen LogP contribution in [0.3, 0.4) is 0 Å². The molecular formula is C10H18N4O. The van der Waals surface area contributed by atoms with Gasteiger partial charge in [-0.2, -0.15) is 5.10 Å². The van der Waals surface area contributed by atoms with Crippen molar-refractivity contribution in [1.82, 2.24) is 15.1 Å². The highest BCUT2D eigenvalue weighted by atomic mass is 16.1. The minimum absolute atomic E-state index is 0.0762. The van der Waals surface area contributed by atoms with E-state index in [9.17, 15) is 4.79 Å². The van der Waals surface area contributed by atoms with Gasteiger partial charge in [-0.3, -0.25) is 9.48 Å². The highest BCUT2D eigenvalue weighted by Crippen LogP contribution is 1.97. The Morgan fingerprint density at radius 3 is 3.00 bits per heavy atom. The topological polar surface area (TPSA) is 72.9 Å². The number of nitrogens with one attached hydrogen (secondary N) is 1. The van der Waals surface area contributed by atoms with Gasteiger partial charge < -0.3 is 11.1 Å². The Bertz CT molecular complexity index is 308. The van der Waals surface area contributed by atoms with E-state index in [1.54, 1.807) is 10.9 Å². The van der Waals surface area contributed by atoms with E-state index in [0.717, 1.165) is 18.4 Å². The predicted octanol–water partition coefficient (Wildman–Crippen LogP) is 0.165. The fourth-order valence-electron chi connectivity index (χ4n) is 1.28. The summed E-state index contributed by atoms with van der Waals surface area (Å²) in [5.74, 6) is 0.0762. The Morgan fingerprint density at radius 2 is 2.40 bits per heavy atom. The van der Waals surface area contributed by atoms with Crippen LogP contribution in [0, 0.1) is 0 Å². The van der Waals surface area contributed by atoms with Crippen molar-refractivity contribution >= 4 is 5.91 Å². The van der Waals surface area contributed by atoms with E-state index in [1.165, 1.54) is 0 Å². The summed E-state index contributed by atoms with van der Waals surface area (Å²) in [6.45, 7) is 1.20. The molecular weight excluding hydrogens is 192 g/mol. The molecule has 1 aromatic rings. The number of rotatable bonds is 6. The molecule has 5 nitrogen and oxygen atoms in total. The van der Waals surface area contributed by atoms with Crippen LogP contribution in [0.25, 0.3) is 0 Å². The highest BCUT2D eigenvalue weighted by molar-refractivity contribution is 5.75. The first-order valence-corrected chi connectivity index (χ1v) is 5.16.